The van der Waals surface area contributed by atoms with Crippen molar-refractivity contribution in [2.45, 2.75) is 26.8 Å². The zero-order chi connectivity index (χ0) is 13.2. The summed E-state index contributed by atoms with van der Waals surface area (Å²) in [5.41, 5.74) is 7.27. The third-order valence-electron chi connectivity index (χ3n) is 2.77. The third-order valence-corrected chi connectivity index (χ3v) is 3.46. The molecule has 1 aromatic rings. The average Bonchev–Trinajstić information content (AvgIpc) is 2.26. The van der Waals surface area contributed by atoms with Gasteiger partial charge in [-0.15, -0.1) is 0 Å². The zero-order valence-electron chi connectivity index (χ0n) is 11.0. The van der Waals surface area contributed by atoms with Gasteiger partial charge in [0.15, 0.2) is 11.5 Å². The van der Waals surface area contributed by atoms with Crippen LogP contribution in [0.1, 0.15) is 32.4 Å². The summed E-state index contributed by atoms with van der Waals surface area (Å²) in [6, 6.07) is 3.75. The molecule has 96 valence electrons. The summed E-state index contributed by atoms with van der Waals surface area (Å²) in [5, 5.41) is 0. The third kappa shape index (κ3) is 3.13. The Hall–Kier alpha value is -0.740. The van der Waals surface area contributed by atoms with Crippen molar-refractivity contribution in [3.8, 4) is 11.5 Å². The van der Waals surface area contributed by atoms with Crippen LogP contribution in [-0.2, 0) is 0 Å². The van der Waals surface area contributed by atoms with Crippen molar-refractivity contribution in [1.82, 2.24) is 0 Å². The molecule has 0 unspecified atom stereocenters. The van der Waals surface area contributed by atoms with Crippen LogP contribution in [-0.4, -0.2) is 14.2 Å². The van der Waals surface area contributed by atoms with Gasteiger partial charge in [-0.2, -0.15) is 0 Å². The Kier molecular flexibility index (Phi) is 4.44. The van der Waals surface area contributed by atoms with Crippen LogP contribution in [0.4, 0.5) is 0 Å². The molecular weight excluding hydrogens is 282 g/mol. The van der Waals surface area contributed by atoms with E-state index in [1.807, 2.05) is 12.1 Å². The monoisotopic (exact) mass is 301 g/mol. The average molecular weight is 302 g/mol. The van der Waals surface area contributed by atoms with E-state index in [-0.39, 0.29) is 11.5 Å². The maximum atomic E-state index is 6.26. The molecule has 0 amide bonds. The van der Waals surface area contributed by atoms with Crippen LogP contribution < -0.4 is 15.2 Å². The molecule has 2 N–H and O–H groups in total. The summed E-state index contributed by atoms with van der Waals surface area (Å²) in [4.78, 5) is 0. The van der Waals surface area contributed by atoms with Crippen molar-refractivity contribution in [3.05, 3.63) is 22.2 Å². The maximum Gasteiger partial charge on any atom is 0.161 e. The van der Waals surface area contributed by atoms with Crippen molar-refractivity contribution in [2.24, 2.45) is 11.1 Å². The number of benzene rings is 1. The summed E-state index contributed by atoms with van der Waals surface area (Å²) >= 11 is 3.53. The Morgan fingerprint density at radius 3 is 2.00 bits per heavy atom. The van der Waals surface area contributed by atoms with Gasteiger partial charge in [0.1, 0.15) is 0 Å². The second-order valence-corrected chi connectivity index (χ2v) is 5.93. The first kappa shape index (κ1) is 14.3. The van der Waals surface area contributed by atoms with Crippen LogP contribution in [0.25, 0.3) is 0 Å². The lowest BCUT2D eigenvalue weighted by Crippen LogP contribution is -2.26. The summed E-state index contributed by atoms with van der Waals surface area (Å²) in [7, 11) is 3.24. The highest BCUT2D eigenvalue weighted by Crippen LogP contribution is 2.40. The SMILES string of the molecule is COc1cc(Br)c([C@@H](N)C(C)(C)C)cc1OC. The minimum atomic E-state index is -0.0725. The molecule has 4 heteroatoms. The quantitative estimate of drug-likeness (QED) is 0.929. The molecule has 3 nitrogen and oxygen atoms in total. The normalized spacial score (nSPS) is 13.4. The van der Waals surface area contributed by atoms with E-state index in [2.05, 4.69) is 36.7 Å². The van der Waals surface area contributed by atoms with E-state index in [0.717, 1.165) is 10.0 Å². The highest BCUT2D eigenvalue weighted by Gasteiger charge is 2.25. The molecule has 0 fully saturated rings. The van der Waals surface area contributed by atoms with E-state index < -0.39 is 0 Å². The molecule has 1 aromatic carbocycles. The first-order valence-electron chi connectivity index (χ1n) is 5.48. The molecule has 0 spiro atoms. The van der Waals surface area contributed by atoms with Crippen LogP contribution in [0, 0.1) is 5.41 Å². The highest BCUT2D eigenvalue weighted by atomic mass is 79.9. The molecule has 0 aliphatic carbocycles. The predicted molar refractivity (Wildman–Crippen MR) is 73.6 cm³/mol. The molecule has 0 aromatic heterocycles. The van der Waals surface area contributed by atoms with Gasteiger partial charge in [0.25, 0.3) is 0 Å². The number of ether oxygens (including phenoxy) is 2. The van der Waals surface area contributed by atoms with Crippen LogP contribution in [0.2, 0.25) is 0 Å². The topological polar surface area (TPSA) is 44.5 Å². The molecule has 1 atom stereocenters. The Morgan fingerprint density at radius 1 is 1.12 bits per heavy atom. The van der Waals surface area contributed by atoms with Crippen molar-refractivity contribution >= 4 is 15.9 Å². The first-order chi connectivity index (χ1) is 7.81. The minimum Gasteiger partial charge on any atom is -0.493 e. The van der Waals surface area contributed by atoms with E-state index in [9.17, 15) is 0 Å². The molecule has 0 radical (unpaired) electrons. The lowest BCUT2D eigenvalue weighted by Gasteiger charge is -2.28. The van der Waals surface area contributed by atoms with Gasteiger partial charge in [0, 0.05) is 10.5 Å². The van der Waals surface area contributed by atoms with E-state index in [4.69, 9.17) is 15.2 Å². The second kappa shape index (κ2) is 5.27. The van der Waals surface area contributed by atoms with Gasteiger partial charge >= 0.3 is 0 Å². The summed E-state index contributed by atoms with van der Waals surface area (Å²) in [6.45, 7) is 6.34. The first-order valence-corrected chi connectivity index (χ1v) is 6.27. The molecule has 0 saturated heterocycles. The largest absolute Gasteiger partial charge is 0.493 e. The standard InChI is InChI=1S/C13H20BrNO2/c1-13(2,3)12(15)8-6-10(16-4)11(17-5)7-9(8)14/h6-7,12H,15H2,1-5H3/t12-/m1/s1. The summed E-state index contributed by atoms with van der Waals surface area (Å²) in [6.07, 6.45) is 0. The van der Waals surface area contributed by atoms with E-state index in [1.54, 1.807) is 14.2 Å². The van der Waals surface area contributed by atoms with Crippen molar-refractivity contribution in [3.63, 3.8) is 0 Å². The van der Waals surface area contributed by atoms with Crippen molar-refractivity contribution in [1.29, 1.82) is 0 Å². The second-order valence-electron chi connectivity index (χ2n) is 5.07. The fourth-order valence-electron chi connectivity index (χ4n) is 1.57. The molecule has 0 aliphatic rings. The van der Waals surface area contributed by atoms with Gasteiger partial charge in [-0.25, -0.2) is 0 Å². The number of hydrogen-bond acceptors (Lipinski definition) is 3. The Morgan fingerprint density at radius 2 is 1.59 bits per heavy atom. The van der Waals surface area contributed by atoms with Crippen molar-refractivity contribution in [2.75, 3.05) is 14.2 Å². The number of hydrogen-bond donors (Lipinski definition) is 1. The Bertz CT molecular complexity index is 399. The number of halogens is 1. The zero-order valence-corrected chi connectivity index (χ0v) is 12.6. The molecular formula is C13H20BrNO2. The van der Waals surface area contributed by atoms with Gasteiger partial charge in [-0.05, 0) is 23.1 Å². The predicted octanol–water partition coefficient (Wildman–Crippen LogP) is 3.51. The van der Waals surface area contributed by atoms with Crippen LogP contribution in [0.15, 0.2) is 16.6 Å². The van der Waals surface area contributed by atoms with E-state index in [1.165, 1.54) is 0 Å². The molecule has 0 aliphatic heterocycles. The summed E-state index contributed by atoms with van der Waals surface area (Å²) in [5.74, 6) is 1.40. The maximum absolute atomic E-state index is 6.26. The summed E-state index contributed by atoms with van der Waals surface area (Å²) < 4.78 is 11.5. The van der Waals surface area contributed by atoms with Crippen LogP contribution in [0.5, 0.6) is 11.5 Å². The molecule has 1 rings (SSSR count). The van der Waals surface area contributed by atoms with Gasteiger partial charge in [-0.3, -0.25) is 0 Å². The lowest BCUT2D eigenvalue weighted by molar-refractivity contribution is 0.321. The number of methoxy groups -OCH3 is 2. The lowest BCUT2D eigenvalue weighted by atomic mass is 9.83. The van der Waals surface area contributed by atoms with Crippen molar-refractivity contribution < 1.29 is 9.47 Å². The highest BCUT2D eigenvalue weighted by molar-refractivity contribution is 9.10. The van der Waals surface area contributed by atoms with E-state index >= 15 is 0 Å². The van der Waals surface area contributed by atoms with Crippen LogP contribution >= 0.6 is 15.9 Å². The molecule has 0 bridgehead atoms. The van der Waals surface area contributed by atoms with Gasteiger partial charge in [0.2, 0.25) is 0 Å². The fourth-order valence-corrected chi connectivity index (χ4v) is 2.14. The minimum absolute atomic E-state index is 0.0118. The van der Waals surface area contributed by atoms with E-state index in [0.29, 0.717) is 11.5 Å². The molecule has 0 heterocycles. The van der Waals surface area contributed by atoms with Gasteiger partial charge in [-0.1, -0.05) is 36.7 Å². The Balaban J connectivity index is 3.26. The Labute approximate surface area is 111 Å². The molecule has 0 saturated carbocycles. The number of nitrogens with two attached hydrogens (primary N) is 1. The smallest absolute Gasteiger partial charge is 0.161 e. The van der Waals surface area contributed by atoms with Gasteiger partial charge in [0.05, 0.1) is 14.2 Å². The number of rotatable bonds is 3. The van der Waals surface area contributed by atoms with Crippen LogP contribution in [0.3, 0.4) is 0 Å². The van der Waals surface area contributed by atoms with Gasteiger partial charge < -0.3 is 15.2 Å². The fraction of sp³-hybridized carbons (Fsp3) is 0.538. The molecule has 17 heavy (non-hydrogen) atoms.